The van der Waals surface area contributed by atoms with E-state index >= 15 is 8.78 Å². The van der Waals surface area contributed by atoms with Crippen LogP contribution in [0.4, 0.5) is 8.78 Å². The van der Waals surface area contributed by atoms with Gasteiger partial charge in [-0.25, -0.2) is 13.6 Å². The molecule has 0 aliphatic carbocycles. The predicted octanol–water partition coefficient (Wildman–Crippen LogP) is 4.46. The van der Waals surface area contributed by atoms with Gasteiger partial charge in [0.15, 0.2) is 23.1 Å². The van der Waals surface area contributed by atoms with Crippen molar-refractivity contribution in [2.45, 2.75) is 25.9 Å². The van der Waals surface area contributed by atoms with Crippen LogP contribution in [0, 0.1) is 23.0 Å². The summed E-state index contributed by atoms with van der Waals surface area (Å²) in [5, 5.41) is 12.4. The Kier molecular flexibility index (Phi) is 5.63. The normalized spacial score (nSPS) is 14.5. The van der Waals surface area contributed by atoms with Crippen molar-refractivity contribution >= 4 is 34.1 Å². The Balaban J connectivity index is 1.62. The number of aromatic nitrogens is 4. The fraction of sp³-hybridized carbons (Fsp3) is 0.217. The summed E-state index contributed by atoms with van der Waals surface area (Å²) in [6.07, 6.45) is 0.466. The van der Waals surface area contributed by atoms with Gasteiger partial charge in [-0.3, -0.25) is 9.78 Å². The second-order valence-corrected chi connectivity index (χ2v) is 9.29. The molecule has 0 unspecified atom stereocenters. The highest BCUT2D eigenvalue weighted by Crippen LogP contribution is 2.44. The van der Waals surface area contributed by atoms with Crippen molar-refractivity contribution in [2.24, 2.45) is 0 Å². The van der Waals surface area contributed by atoms with Crippen molar-refractivity contribution in [3.05, 3.63) is 77.7 Å². The van der Waals surface area contributed by atoms with Gasteiger partial charge in [0.1, 0.15) is 6.07 Å². The Hall–Kier alpha value is -3.72. The summed E-state index contributed by atoms with van der Waals surface area (Å²) in [6.45, 7) is 3.93. The van der Waals surface area contributed by atoms with E-state index in [0.29, 0.717) is 29.0 Å². The third-order valence-electron chi connectivity index (χ3n) is 5.80. The SMILES string of the molecule is CC1(C)OCCc2[nH]c3c(F)cc(Oc4c(Cl)cc(-n5nc(C#N)c(=O)[nH]c5=O)cc4Cl)c(F)c3c21. The van der Waals surface area contributed by atoms with Crippen LogP contribution < -0.4 is 16.0 Å². The number of aromatic amines is 2. The molecular formula is C23H15Cl2F2N5O4. The van der Waals surface area contributed by atoms with Gasteiger partial charge in [-0.05, 0) is 26.0 Å². The van der Waals surface area contributed by atoms with Crippen LogP contribution in [0.15, 0.2) is 27.8 Å². The summed E-state index contributed by atoms with van der Waals surface area (Å²) < 4.78 is 42.8. The zero-order chi connectivity index (χ0) is 25.9. The average Bonchev–Trinajstić information content (AvgIpc) is 3.21. The summed E-state index contributed by atoms with van der Waals surface area (Å²) in [7, 11) is 0. The van der Waals surface area contributed by atoms with Crippen molar-refractivity contribution in [1.82, 2.24) is 19.7 Å². The molecule has 0 bridgehead atoms. The maximum absolute atomic E-state index is 15.7. The van der Waals surface area contributed by atoms with Gasteiger partial charge in [0.25, 0.3) is 5.56 Å². The first kappa shape index (κ1) is 24.0. The number of rotatable bonds is 3. The number of nitrogens with zero attached hydrogens (tertiary/aromatic N) is 3. The number of hydrogen-bond donors (Lipinski definition) is 2. The third-order valence-corrected chi connectivity index (χ3v) is 6.36. The minimum atomic E-state index is -0.954. The standard InChI is InChI=1S/C23H15Cl2F2N5O4/c1-23(2)17-13(3-4-35-23)29-19-12(26)7-15(18(27)16(17)19)36-20-10(24)5-9(6-11(20)25)32-22(34)30-21(33)14(8-28)31-32/h5-7,29H,3-4H2,1-2H3,(H,30,33,34). The van der Waals surface area contributed by atoms with Gasteiger partial charge >= 0.3 is 5.69 Å². The van der Waals surface area contributed by atoms with E-state index in [4.69, 9.17) is 37.9 Å². The lowest BCUT2D eigenvalue weighted by atomic mass is 9.91. The molecule has 0 amide bonds. The van der Waals surface area contributed by atoms with Crippen molar-refractivity contribution in [1.29, 1.82) is 5.26 Å². The molecule has 1 aliphatic rings. The minimum absolute atomic E-state index is 0.00147. The summed E-state index contributed by atoms with van der Waals surface area (Å²) in [5.74, 6) is -2.26. The number of nitriles is 1. The van der Waals surface area contributed by atoms with E-state index in [9.17, 15) is 9.59 Å². The smallest absolute Gasteiger partial charge is 0.349 e. The molecule has 184 valence electrons. The van der Waals surface area contributed by atoms with E-state index in [1.807, 2.05) is 4.98 Å². The Morgan fingerprint density at radius 1 is 1.19 bits per heavy atom. The van der Waals surface area contributed by atoms with E-state index in [0.717, 1.165) is 6.07 Å². The molecule has 2 aromatic heterocycles. The second-order valence-electron chi connectivity index (χ2n) is 8.48. The van der Waals surface area contributed by atoms with E-state index in [1.54, 1.807) is 19.9 Å². The summed E-state index contributed by atoms with van der Waals surface area (Å²) >= 11 is 12.6. The van der Waals surface area contributed by atoms with Crippen LogP contribution in [0.25, 0.3) is 16.6 Å². The molecule has 5 rings (SSSR count). The maximum atomic E-state index is 15.7. The fourth-order valence-corrected chi connectivity index (χ4v) is 4.81. The van der Waals surface area contributed by atoms with Gasteiger partial charge in [0, 0.05) is 29.1 Å². The number of benzene rings is 2. The molecule has 0 fully saturated rings. The van der Waals surface area contributed by atoms with Gasteiger partial charge in [0.2, 0.25) is 5.69 Å². The van der Waals surface area contributed by atoms with Gasteiger partial charge in [-0.1, -0.05) is 23.2 Å². The van der Waals surface area contributed by atoms with Crippen molar-refractivity contribution in [2.75, 3.05) is 6.61 Å². The Labute approximate surface area is 210 Å². The summed E-state index contributed by atoms with van der Waals surface area (Å²) in [5.41, 5.74) is -2.17. The topological polar surface area (TPSA) is 126 Å². The molecule has 0 atom stereocenters. The first-order valence-electron chi connectivity index (χ1n) is 10.5. The Bertz CT molecular complexity index is 1710. The van der Waals surface area contributed by atoms with Crippen LogP contribution in [-0.2, 0) is 16.8 Å². The molecule has 9 nitrogen and oxygen atoms in total. The van der Waals surface area contributed by atoms with Crippen LogP contribution in [0.5, 0.6) is 11.5 Å². The van der Waals surface area contributed by atoms with Gasteiger partial charge in [-0.15, -0.1) is 5.10 Å². The van der Waals surface area contributed by atoms with E-state index in [-0.39, 0.29) is 32.4 Å². The van der Waals surface area contributed by atoms with Crippen LogP contribution in [0.2, 0.25) is 10.0 Å². The number of fused-ring (bicyclic) bond motifs is 3. The largest absolute Gasteiger partial charge is 0.451 e. The van der Waals surface area contributed by atoms with Crippen molar-refractivity contribution in [3.63, 3.8) is 0 Å². The molecular weight excluding hydrogens is 519 g/mol. The molecule has 36 heavy (non-hydrogen) atoms. The number of halogens is 4. The molecule has 2 aromatic carbocycles. The van der Waals surface area contributed by atoms with Gasteiger partial charge in [-0.2, -0.15) is 9.94 Å². The fourth-order valence-electron chi connectivity index (χ4n) is 4.26. The third kappa shape index (κ3) is 3.74. The Morgan fingerprint density at radius 2 is 1.89 bits per heavy atom. The minimum Gasteiger partial charge on any atom is -0.451 e. The average molecular weight is 534 g/mol. The summed E-state index contributed by atoms with van der Waals surface area (Å²) in [4.78, 5) is 28.7. The monoisotopic (exact) mass is 533 g/mol. The van der Waals surface area contributed by atoms with Crippen LogP contribution in [0.3, 0.4) is 0 Å². The van der Waals surface area contributed by atoms with E-state index in [1.165, 1.54) is 12.1 Å². The zero-order valence-corrected chi connectivity index (χ0v) is 20.1. The first-order valence-corrected chi connectivity index (χ1v) is 11.3. The first-order chi connectivity index (χ1) is 17.0. The van der Waals surface area contributed by atoms with Crippen molar-refractivity contribution < 1.29 is 18.3 Å². The Morgan fingerprint density at radius 3 is 2.56 bits per heavy atom. The highest BCUT2D eigenvalue weighted by atomic mass is 35.5. The molecule has 13 heteroatoms. The van der Waals surface area contributed by atoms with Crippen LogP contribution >= 0.6 is 23.2 Å². The highest BCUT2D eigenvalue weighted by Gasteiger charge is 2.35. The van der Waals surface area contributed by atoms with Gasteiger partial charge < -0.3 is 14.5 Å². The molecule has 4 aromatic rings. The molecule has 0 spiro atoms. The quantitative estimate of drug-likeness (QED) is 0.400. The molecule has 0 saturated heterocycles. The molecule has 3 heterocycles. The van der Waals surface area contributed by atoms with E-state index < -0.39 is 39.9 Å². The summed E-state index contributed by atoms with van der Waals surface area (Å²) in [6, 6.07) is 4.85. The molecule has 2 N–H and O–H groups in total. The molecule has 1 aliphatic heterocycles. The lowest BCUT2D eigenvalue weighted by molar-refractivity contribution is -0.0307. The highest BCUT2D eigenvalue weighted by molar-refractivity contribution is 6.37. The van der Waals surface area contributed by atoms with Gasteiger partial charge in [0.05, 0.1) is 33.5 Å². The molecule has 0 radical (unpaired) electrons. The predicted molar refractivity (Wildman–Crippen MR) is 126 cm³/mol. The van der Waals surface area contributed by atoms with Crippen LogP contribution in [0.1, 0.15) is 30.8 Å². The number of H-pyrrole nitrogens is 2. The second kappa shape index (κ2) is 8.44. The number of ether oxygens (including phenoxy) is 2. The number of hydrogen-bond acceptors (Lipinski definition) is 6. The molecule has 0 saturated carbocycles. The van der Waals surface area contributed by atoms with E-state index in [2.05, 4.69) is 10.1 Å². The zero-order valence-electron chi connectivity index (χ0n) is 18.6. The van der Waals surface area contributed by atoms with Crippen molar-refractivity contribution in [3.8, 4) is 23.3 Å². The maximum Gasteiger partial charge on any atom is 0.349 e. The number of nitrogens with one attached hydrogen (secondary N) is 2. The lowest BCUT2D eigenvalue weighted by Gasteiger charge is -2.31. The lowest BCUT2D eigenvalue weighted by Crippen LogP contribution is -2.33. The van der Waals surface area contributed by atoms with Crippen LogP contribution in [-0.4, -0.2) is 26.4 Å².